The lowest BCUT2D eigenvalue weighted by Crippen LogP contribution is -2.82. The van der Waals surface area contributed by atoms with Crippen molar-refractivity contribution < 1.29 is 39.2 Å². The Labute approximate surface area is 145 Å². The molecular weight excluding hydrogens is 332 g/mol. The van der Waals surface area contributed by atoms with Crippen LogP contribution < -0.4 is 0 Å². The summed E-state index contributed by atoms with van der Waals surface area (Å²) in [5, 5.41) is 33.4. The normalized spacial score (nSPS) is 51.7. The van der Waals surface area contributed by atoms with Crippen LogP contribution in [-0.2, 0) is 23.9 Å². The number of Topliss-reactive ketones (excluding diaryl/α,β-unsaturated/α-hetero) is 1. The highest BCUT2D eigenvalue weighted by atomic mass is 16.6. The lowest BCUT2D eigenvalue weighted by Gasteiger charge is -2.66. The van der Waals surface area contributed by atoms with Crippen LogP contribution in [-0.4, -0.2) is 63.1 Å². The molecule has 0 aromatic carbocycles. The quantitative estimate of drug-likeness (QED) is 0.555. The maximum absolute atomic E-state index is 12.9. The van der Waals surface area contributed by atoms with Gasteiger partial charge >= 0.3 is 11.9 Å². The summed E-state index contributed by atoms with van der Waals surface area (Å²) in [6, 6.07) is 0. The van der Waals surface area contributed by atoms with Crippen molar-refractivity contribution in [1.82, 2.24) is 0 Å². The van der Waals surface area contributed by atoms with Crippen LogP contribution in [0.15, 0.2) is 0 Å². The summed E-state index contributed by atoms with van der Waals surface area (Å²) in [5.74, 6) is -2.70. The van der Waals surface area contributed by atoms with E-state index in [1.54, 1.807) is 6.92 Å². The topological polar surface area (TPSA) is 130 Å². The molecule has 25 heavy (non-hydrogen) atoms. The van der Waals surface area contributed by atoms with Gasteiger partial charge in [-0.15, -0.1) is 0 Å². The third-order valence-corrected chi connectivity index (χ3v) is 7.05. The highest BCUT2D eigenvalue weighted by molar-refractivity contribution is 5.95. The van der Waals surface area contributed by atoms with Crippen LogP contribution in [0.25, 0.3) is 0 Å². The molecule has 8 nitrogen and oxygen atoms in total. The first-order chi connectivity index (χ1) is 11.4. The van der Waals surface area contributed by atoms with Gasteiger partial charge in [0.25, 0.3) is 0 Å². The Morgan fingerprint density at radius 1 is 1.32 bits per heavy atom. The molecule has 2 bridgehead atoms. The molecule has 0 aromatic rings. The first-order valence-corrected chi connectivity index (χ1v) is 8.36. The monoisotopic (exact) mass is 356 g/mol. The van der Waals surface area contributed by atoms with Crippen molar-refractivity contribution in [3.63, 3.8) is 0 Å². The van der Waals surface area contributed by atoms with E-state index in [0.29, 0.717) is 0 Å². The Hall–Kier alpha value is -1.51. The zero-order chi connectivity index (χ0) is 19.0. The molecule has 2 saturated carbocycles. The van der Waals surface area contributed by atoms with Gasteiger partial charge in [0.15, 0.2) is 11.9 Å². The van der Waals surface area contributed by atoms with E-state index in [-0.39, 0.29) is 12.8 Å². The molecule has 3 N–H and O–H groups in total. The number of carbonyl (C=O) groups excluding carboxylic acids is 3. The molecule has 1 heterocycles. The summed E-state index contributed by atoms with van der Waals surface area (Å²) >= 11 is 0. The first-order valence-electron chi connectivity index (χ1n) is 8.36. The lowest BCUT2D eigenvalue weighted by atomic mass is 9.43. The van der Waals surface area contributed by atoms with E-state index < -0.39 is 64.5 Å². The summed E-state index contributed by atoms with van der Waals surface area (Å²) in [7, 11) is 0. The molecule has 8 heteroatoms. The molecular formula is C17H24O8. The van der Waals surface area contributed by atoms with Crippen molar-refractivity contribution in [3.8, 4) is 0 Å². The molecule has 3 aliphatic rings. The van der Waals surface area contributed by atoms with Crippen LogP contribution in [0.5, 0.6) is 0 Å². The number of hydrogen-bond acceptors (Lipinski definition) is 8. The molecule has 0 radical (unpaired) electrons. The highest BCUT2D eigenvalue weighted by Gasteiger charge is 2.83. The Bertz CT molecular complexity index is 657. The fourth-order valence-corrected chi connectivity index (χ4v) is 5.27. The number of carbonyl (C=O) groups is 3. The van der Waals surface area contributed by atoms with E-state index in [1.807, 2.05) is 0 Å². The van der Waals surface area contributed by atoms with Crippen LogP contribution in [0.3, 0.4) is 0 Å². The van der Waals surface area contributed by atoms with E-state index >= 15 is 0 Å². The van der Waals surface area contributed by atoms with E-state index in [1.165, 1.54) is 20.8 Å². The Morgan fingerprint density at radius 3 is 2.48 bits per heavy atom. The molecule has 2 aliphatic carbocycles. The number of ketones is 1. The standard InChI is InChI=1S/C17H24O8/c1-8-5-10(19)17(23)14(3,7-24-9(2)18)15(4,22)11-6-16(8,17)12(20)13(21)25-11/h8,11-12,20,22-23H,5-7H2,1-4H3. The summed E-state index contributed by atoms with van der Waals surface area (Å²) in [6.45, 7) is 5.19. The Morgan fingerprint density at radius 2 is 1.92 bits per heavy atom. The van der Waals surface area contributed by atoms with E-state index in [4.69, 9.17) is 9.47 Å². The van der Waals surface area contributed by atoms with Gasteiger partial charge in [0.2, 0.25) is 0 Å². The van der Waals surface area contributed by atoms with Gasteiger partial charge in [-0.05, 0) is 19.3 Å². The van der Waals surface area contributed by atoms with Crippen molar-refractivity contribution >= 4 is 17.7 Å². The number of ether oxygens (including phenoxy) is 2. The third kappa shape index (κ3) is 1.80. The highest BCUT2D eigenvalue weighted by Crippen LogP contribution is 2.68. The maximum Gasteiger partial charge on any atom is 0.336 e. The van der Waals surface area contributed by atoms with Crippen LogP contribution in [0.4, 0.5) is 0 Å². The Kier molecular flexibility index (Phi) is 3.67. The number of fused-ring (bicyclic) bond motifs is 1. The first kappa shape index (κ1) is 18.3. The SMILES string of the molecule is CC(=O)OCC1(C)C(C)(O)C2CC3(C(C)CC(=O)C31O)C(O)C(=O)O2. The largest absolute Gasteiger partial charge is 0.465 e. The van der Waals surface area contributed by atoms with Crippen molar-refractivity contribution in [1.29, 1.82) is 0 Å². The lowest BCUT2D eigenvalue weighted by molar-refractivity contribution is -0.331. The molecule has 140 valence electrons. The van der Waals surface area contributed by atoms with Crippen LogP contribution >= 0.6 is 0 Å². The average Bonchev–Trinajstić information content (AvgIpc) is 2.70. The summed E-state index contributed by atoms with van der Waals surface area (Å²) in [4.78, 5) is 36.4. The molecule has 0 amide bonds. The van der Waals surface area contributed by atoms with Crippen LogP contribution in [0.1, 0.15) is 40.5 Å². The molecule has 3 fully saturated rings. The van der Waals surface area contributed by atoms with Crippen molar-refractivity contribution in [2.75, 3.05) is 6.61 Å². The molecule has 3 rings (SSSR count). The number of rotatable bonds is 2. The zero-order valence-corrected chi connectivity index (χ0v) is 14.7. The van der Waals surface area contributed by atoms with E-state index in [2.05, 4.69) is 0 Å². The average molecular weight is 356 g/mol. The van der Waals surface area contributed by atoms with Gasteiger partial charge in [0.05, 0.1) is 10.8 Å². The maximum atomic E-state index is 12.9. The molecule has 1 saturated heterocycles. The minimum atomic E-state index is -2.24. The third-order valence-electron chi connectivity index (χ3n) is 7.05. The van der Waals surface area contributed by atoms with Gasteiger partial charge in [0.1, 0.15) is 23.9 Å². The molecule has 1 aliphatic heterocycles. The second-order valence-corrected chi connectivity index (χ2v) is 8.07. The van der Waals surface area contributed by atoms with Gasteiger partial charge in [-0.25, -0.2) is 4.79 Å². The fourth-order valence-electron chi connectivity index (χ4n) is 5.27. The second-order valence-electron chi connectivity index (χ2n) is 8.07. The minimum Gasteiger partial charge on any atom is -0.465 e. The summed E-state index contributed by atoms with van der Waals surface area (Å²) in [5.41, 5.74) is -7.26. The van der Waals surface area contributed by atoms with Gasteiger partial charge in [-0.3, -0.25) is 9.59 Å². The zero-order valence-electron chi connectivity index (χ0n) is 14.7. The van der Waals surface area contributed by atoms with Gasteiger partial charge < -0.3 is 24.8 Å². The smallest absolute Gasteiger partial charge is 0.336 e. The van der Waals surface area contributed by atoms with Crippen molar-refractivity contribution in [3.05, 3.63) is 0 Å². The number of esters is 2. The van der Waals surface area contributed by atoms with E-state index in [0.717, 1.165) is 0 Å². The number of aliphatic hydroxyl groups excluding tert-OH is 1. The van der Waals surface area contributed by atoms with Crippen LogP contribution in [0.2, 0.25) is 0 Å². The van der Waals surface area contributed by atoms with Crippen molar-refractivity contribution in [2.45, 2.75) is 63.9 Å². The second kappa shape index (κ2) is 5.02. The predicted octanol–water partition coefficient (Wildman–Crippen LogP) is -0.677. The number of aliphatic hydroxyl groups is 3. The molecule has 1 spiro atoms. The fraction of sp³-hybridized carbons (Fsp3) is 0.824. The molecule has 7 atom stereocenters. The Balaban J connectivity index is 2.26. The van der Waals surface area contributed by atoms with Crippen molar-refractivity contribution in [2.24, 2.45) is 16.7 Å². The molecule has 7 unspecified atom stereocenters. The van der Waals surface area contributed by atoms with E-state index in [9.17, 15) is 29.7 Å². The van der Waals surface area contributed by atoms with Gasteiger partial charge in [0, 0.05) is 13.3 Å². The predicted molar refractivity (Wildman–Crippen MR) is 82.0 cm³/mol. The van der Waals surface area contributed by atoms with Gasteiger partial charge in [-0.1, -0.05) is 13.8 Å². The minimum absolute atomic E-state index is 0.0496. The summed E-state index contributed by atoms with van der Waals surface area (Å²) < 4.78 is 10.3. The number of hydrogen-bond donors (Lipinski definition) is 3. The molecule has 0 aromatic heterocycles. The van der Waals surface area contributed by atoms with Gasteiger partial charge in [-0.2, -0.15) is 0 Å². The van der Waals surface area contributed by atoms with Crippen LogP contribution in [0, 0.1) is 16.7 Å². The summed E-state index contributed by atoms with van der Waals surface area (Å²) in [6.07, 6.45) is -2.86.